The lowest BCUT2D eigenvalue weighted by Gasteiger charge is -2.22. The molecule has 2 aromatic carbocycles. The number of fused-ring (bicyclic) bond motifs is 3. The molecular formula is C25H26F2N2O5. The summed E-state index contributed by atoms with van der Waals surface area (Å²) in [6.07, 6.45) is -2.59. The maximum atomic E-state index is 13.5. The average Bonchev–Trinajstić information content (AvgIpc) is 3.13. The number of ether oxygens (including phenoxy) is 3. The summed E-state index contributed by atoms with van der Waals surface area (Å²) in [6.45, 7) is 3.66. The number of hydrogen-bond donors (Lipinski definition) is 1. The smallest absolute Gasteiger partial charge is 0.274 e. The second kappa shape index (κ2) is 8.77. The molecule has 3 atom stereocenters. The lowest BCUT2D eigenvalue weighted by Crippen LogP contribution is -2.37. The quantitative estimate of drug-likeness (QED) is 0.713. The second-order valence-electron chi connectivity index (χ2n) is 9.06. The number of carbonyl (C=O) groups excluding carboxylic acids is 2. The molecule has 1 N–H and O–H groups in total. The molecule has 9 heteroatoms. The highest BCUT2D eigenvalue weighted by Gasteiger charge is 2.42. The van der Waals surface area contributed by atoms with Crippen molar-refractivity contribution in [3.8, 4) is 17.2 Å². The monoisotopic (exact) mass is 472 g/mol. The Bertz CT molecular complexity index is 1140. The van der Waals surface area contributed by atoms with Crippen molar-refractivity contribution in [1.29, 1.82) is 0 Å². The summed E-state index contributed by atoms with van der Waals surface area (Å²) in [5.74, 6) is 0.720. The number of aryl methyl sites for hydroxylation is 2. The van der Waals surface area contributed by atoms with Crippen molar-refractivity contribution in [2.45, 2.75) is 57.8 Å². The molecule has 0 aromatic heterocycles. The van der Waals surface area contributed by atoms with E-state index in [4.69, 9.17) is 14.2 Å². The number of benzene rings is 2. The molecule has 1 fully saturated rings. The summed E-state index contributed by atoms with van der Waals surface area (Å²) in [5, 5.41) is 2.86. The number of alkyl halides is 2. The van der Waals surface area contributed by atoms with Gasteiger partial charge in [-0.1, -0.05) is 6.07 Å². The van der Waals surface area contributed by atoms with Gasteiger partial charge in [-0.25, -0.2) is 8.78 Å². The molecule has 2 aromatic rings. The summed E-state index contributed by atoms with van der Waals surface area (Å²) in [7, 11) is 0. The number of hydrogen-bond acceptors (Lipinski definition) is 5. The fourth-order valence-corrected chi connectivity index (χ4v) is 4.70. The number of amides is 2. The Hall–Kier alpha value is -3.36. The zero-order chi connectivity index (χ0) is 24.0. The molecule has 3 aliphatic heterocycles. The third-order valence-corrected chi connectivity index (χ3v) is 6.44. The van der Waals surface area contributed by atoms with Crippen molar-refractivity contribution in [3.05, 3.63) is 47.0 Å². The maximum absolute atomic E-state index is 13.5. The molecule has 2 amide bonds. The molecule has 34 heavy (non-hydrogen) atoms. The van der Waals surface area contributed by atoms with Crippen molar-refractivity contribution in [2.75, 3.05) is 18.5 Å². The van der Waals surface area contributed by atoms with Crippen LogP contribution in [-0.2, 0) is 11.2 Å². The summed E-state index contributed by atoms with van der Waals surface area (Å²) in [5.41, 5.74) is 2.73. The van der Waals surface area contributed by atoms with E-state index in [9.17, 15) is 18.4 Å². The van der Waals surface area contributed by atoms with Crippen molar-refractivity contribution in [1.82, 2.24) is 4.90 Å². The molecule has 5 rings (SSSR count). The lowest BCUT2D eigenvalue weighted by molar-refractivity contribution is -0.116. The van der Waals surface area contributed by atoms with Crippen molar-refractivity contribution in [2.24, 2.45) is 0 Å². The van der Waals surface area contributed by atoms with Crippen molar-refractivity contribution < 1.29 is 32.6 Å². The first-order chi connectivity index (χ1) is 16.3. The first kappa shape index (κ1) is 22.4. The van der Waals surface area contributed by atoms with Gasteiger partial charge in [0.1, 0.15) is 35.5 Å². The van der Waals surface area contributed by atoms with Gasteiger partial charge in [0, 0.05) is 24.6 Å². The Kier molecular flexibility index (Phi) is 5.79. The number of rotatable bonds is 5. The minimum Gasteiger partial charge on any atom is -0.490 e. The van der Waals surface area contributed by atoms with Gasteiger partial charge in [-0.15, -0.1) is 0 Å². The molecule has 0 unspecified atom stereocenters. The predicted octanol–water partition coefficient (Wildman–Crippen LogP) is 3.97. The van der Waals surface area contributed by atoms with Gasteiger partial charge in [0.2, 0.25) is 5.91 Å². The van der Waals surface area contributed by atoms with Gasteiger partial charge in [-0.3, -0.25) is 9.59 Å². The van der Waals surface area contributed by atoms with E-state index in [0.717, 1.165) is 16.8 Å². The van der Waals surface area contributed by atoms with Crippen LogP contribution in [-0.4, -0.2) is 54.5 Å². The van der Waals surface area contributed by atoms with Crippen LogP contribution in [0.5, 0.6) is 17.2 Å². The molecule has 7 nitrogen and oxygen atoms in total. The molecule has 0 spiro atoms. The van der Waals surface area contributed by atoms with Crippen LogP contribution in [0.15, 0.2) is 30.3 Å². The number of nitrogens with zero attached hydrogens (tertiary/aromatic N) is 1. The maximum Gasteiger partial charge on any atom is 0.274 e. The molecule has 180 valence electrons. The van der Waals surface area contributed by atoms with E-state index in [-0.39, 0.29) is 41.9 Å². The van der Waals surface area contributed by atoms with Crippen LogP contribution < -0.4 is 19.5 Å². The van der Waals surface area contributed by atoms with E-state index >= 15 is 0 Å². The normalized spacial score (nSPS) is 22.2. The highest BCUT2D eigenvalue weighted by atomic mass is 19.3. The minimum atomic E-state index is -2.68. The Labute approximate surface area is 196 Å². The molecule has 0 aliphatic carbocycles. The number of halogens is 2. The van der Waals surface area contributed by atoms with Gasteiger partial charge in [0.15, 0.2) is 6.10 Å². The summed E-state index contributed by atoms with van der Waals surface area (Å²) >= 11 is 0. The fourth-order valence-electron chi connectivity index (χ4n) is 4.70. The molecule has 3 heterocycles. The molecular weight excluding hydrogens is 446 g/mol. The first-order valence-electron chi connectivity index (χ1n) is 11.4. The SMILES string of the molecule is Cc1cc2c(c(O[C@@H](C)C(F)F)c1)C(=O)N1C[C@@H](Oc3ccc4c(c3)NC(=O)CC4)C[C@@H]1CO2. The molecule has 1 saturated heterocycles. The summed E-state index contributed by atoms with van der Waals surface area (Å²) in [4.78, 5) is 26.9. The van der Waals surface area contributed by atoms with Crippen molar-refractivity contribution >= 4 is 17.5 Å². The van der Waals surface area contributed by atoms with E-state index in [0.29, 0.717) is 37.3 Å². The van der Waals surface area contributed by atoms with Crippen LogP contribution in [0.4, 0.5) is 14.5 Å². The fraction of sp³-hybridized carbons (Fsp3) is 0.440. The Morgan fingerprint density at radius 3 is 2.79 bits per heavy atom. The largest absolute Gasteiger partial charge is 0.490 e. The van der Waals surface area contributed by atoms with Crippen LogP contribution in [0.2, 0.25) is 0 Å². The van der Waals surface area contributed by atoms with Gasteiger partial charge >= 0.3 is 0 Å². The topological polar surface area (TPSA) is 77.1 Å². The standard InChI is InChI=1S/C25H26F2N2O5/c1-13-7-20-23(21(8-13)33-14(2)24(26)27)25(31)29-11-18(9-16(29)12-32-20)34-17-5-3-15-4-6-22(30)28-19(15)10-17/h3,5,7-8,10,14,16,18,24H,4,6,9,11-12H2,1-2H3,(H,28,30)/t14-,16+,18-/m0/s1. The molecule has 0 radical (unpaired) electrons. The Morgan fingerprint density at radius 2 is 2.00 bits per heavy atom. The van der Waals surface area contributed by atoms with E-state index in [1.54, 1.807) is 24.0 Å². The number of anilines is 1. The van der Waals surface area contributed by atoms with Crippen LogP contribution in [0, 0.1) is 6.92 Å². The van der Waals surface area contributed by atoms with Gasteiger partial charge in [-0.05, 0) is 49.6 Å². The third-order valence-electron chi connectivity index (χ3n) is 6.44. The van der Waals surface area contributed by atoms with E-state index in [1.807, 2.05) is 18.2 Å². The van der Waals surface area contributed by atoms with Crippen LogP contribution in [0.1, 0.15) is 41.3 Å². The van der Waals surface area contributed by atoms with Crippen LogP contribution >= 0.6 is 0 Å². The highest BCUT2D eigenvalue weighted by Crippen LogP contribution is 2.38. The van der Waals surface area contributed by atoms with Gasteiger partial charge in [0.25, 0.3) is 12.3 Å². The van der Waals surface area contributed by atoms with Crippen molar-refractivity contribution in [3.63, 3.8) is 0 Å². The third kappa shape index (κ3) is 4.26. The Morgan fingerprint density at radius 1 is 1.18 bits per heavy atom. The highest BCUT2D eigenvalue weighted by molar-refractivity contribution is 6.00. The van der Waals surface area contributed by atoms with Crippen LogP contribution in [0.25, 0.3) is 0 Å². The van der Waals surface area contributed by atoms with E-state index in [2.05, 4.69) is 5.32 Å². The summed E-state index contributed by atoms with van der Waals surface area (Å²) < 4.78 is 43.8. The zero-order valence-electron chi connectivity index (χ0n) is 19.0. The van der Waals surface area contributed by atoms with Crippen LogP contribution in [0.3, 0.4) is 0 Å². The Balaban J connectivity index is 1.35. The van der Waals surface area contributed by atoms with Gasteiger partial charge in [-0.2, -0.15) is 0 Å². The zero-order valence-corrected chi connectivity index (χ0v) is 19.0. The second-order valence-corrected chi connectivity index (χ2v) is 9.06. The van der Waals surface area contributed by atoms with E-state index in [1.165, 1.54) is 6.92 Å². The molecule has 0 saturated carbocycles. The number of nitrogens with one attached hydrogen (secondary N) is 1. The number of carbonyl (C=O) groups is 2. The summed E-state index contributed by atoms with van der Waals surface area (Å²) in [6, 6.07) is 8.72. The van der Waals surface area contributed by atoms with Gasteiger partial charge < -0.3 is 24.4 Å². The molecule has 0 bridgehead atoms. The predicted molar refractivity (Wildman–Crippen MR) is 120 cm³/mol. The van der Waals surface area contributed by atoms with E-state index < -0.39 is 12.5 Å². The van der Waals surface area contributed by atoms with Gasteiger partial charge in [0.05, 0.1) is 12.6 Å². The molecule has 3 aliphatic rings. The first-order valence-corrected chi connectivity index (χ1v) is 11.4. The minimum absolute atomic E-state index is 0.0188. The lowest BCUT2D eigenvalue weighted by atomic mass is 10.0. The average molecular weight is 472 g/mol.